The Balaban J connectivity index is 0.000000219. The smallest absolute Gasteiger partial charge is 0.153 e. The van der Waals surface area contributed by atoms with E-state index in [1.54, 1.807) is 31.0 Å². The molecular weight excluding hydrogens is 323 g/mol. The van der Waals surface area contributed by atoms with E-state index in [2.05, 4.69) is 10.3 Å². The first-order chi connectivity index (χ1) is 11.7. The minimum Gasteiger partial charge on any atom is -0.298 e. The highest BCUT2D eigenvalue weighted by Gasteiger charge is 2.16. The Morgan fingerprint density at radius 3 is 2.42 bits per heavy atom. The summed E-state index contributed by atoms with van der Waals surface area (Å²) in [7, 11) is 1.89. The van der Waals surface area contributed by atoms with Crippen LogP contribution in [0.3, 0.4) is 0 Å². The van der Waals surface area contributed by atoms with Crippen molar-refractivity contribution in [2.24, 2.45) is 0 Å². The van der Waals surface area contributed by atoms with E-state index in [9.17, 15) is 9.18 Å². The third kappa shape index (κ3) is 5.16. The molecule has 0 radical (unpaired) electrons. The van der Waals surface area contributed by atoms with Crippen LogP contribution in [0.4, 0.5) is 4.39 Å². The Labute approximate surface area is 147 Å². The van der Waals surface area contributed by atoms with Crippen molar-refractivity contribution in [2.75, 3.05) is 7.05 Å². The first kappa shape index (κ1) is 18.6. The van der Waals surface area contributed by atoms with Gasteiger partial charge in [0.05, 0.1) is 5.56 Å². The summed E-state index contributed by atoms with van der Waals surface area (Å²) in [6.45, 7) is 1.66. The van der Waals surface area contributed by atoms with Crippen LogP contribution in [0.2, 0.25) is 0 Å². The molecule has 0 spiro atoms. The molecule has 0 aliphatic heterocycles. The Hall–Kier alpha value is -1.69. The maximum Gasteiger partial charge on any atom is 0.153 e. The summed E-state index contributed by atoms with van der Waals surface area (Å²) in [5.74, 6) is -0.435. The van der Waals surface area contributed by atoms with Crippen LogP contribution in [0.5, 0.6) is 0 Å². The lowest BCUT2D eigenvalue weighted by Crippen LogP contribution is -2.26. The summed E-state index contributed by atoms with van der Waals surface area (Å²) in [6.07, 6.45) is 4.75. The number of aryl methyl sites for hydroxylation is 1. The van der Waals surface area contributed by atoms with E-state index in [4.69, 9.17) is 0 Å². The summed E-state index contributed by atoms with van der Waals surface area (Å²) < 4.78 is 13.5. The molecule has 0 amide bonds. The summed E-state index contributed by atoms with van der Waals surface area (Å²) in [5, 5.41) is 0.877. The van der Waals surface area contributed by atoms with Gasteiger partial charge in [-0.3, -0.25) is 10.2 Å². The van der Waals surface area contributed by atoms with Gasteiger partial charge in [-0.2, -0.15) is 0 Å². The van der Waals surface area contributed by atoms with E-state index in [1.165, 1.54) is 19.3 Å². The number of carbonyl (C=O) groups excluding carboxylic acids is 1. The van der Waals surface area contributed by atoms with Crippen molar-refractivity contribution in [2.45, 2.75) is 31.4 Å². The van der Waals surface area contributed by atoms with Gasteiger partial charge in [-0.05, 0) is 55.6 Å². The number of nitrogens with one attached hydrogen (secondary N) is 2. The van der Waals surface area contributed by atoms with Crippen LogP contribution in [-0.2, 0) is 0 Å². The highest BCUT2D eigenvalue weighted by atomic mass is 32.2. The minimum absolute atomic E-state index is 0.110. The topological polar surface area (TPSA) is 41.1 Å². The van der Waals surface area contributed by atoms with E-state index >= 15 is 0 Å². The van der Waals surface area contributed by atoms with Crippen LogP contribution in [0.25, 0.3) is 11.1 Å². The molecule has 24 heavy (non-hydrogen) atoms. The number of hydrogen-bond donors (Lipinski definition) is 2. The molecule has 0 saturated heterocycles. The minimum atomic E-state index is -0.435. The average molecular weight is 346 g/mol. The number of hydrazine groups is 1. The van der Waals surface area contributed by atoms with E-state index in [-0.39, 0.29) is 5.56 Å². The van der Waals surface area contributed by atoms with Crippen molar-refractivity contribution in [3.8, 4) is 11.1 Å². The fourth-order valence-electron chi connectivity index (χ4n) is 2.31. The lowest BCUT2D eigenvalue weighted by molar-refractivity contribution is 0.111. The van der Waals surface area contributed by atoms with Gasteiger partial charge < -0.3 is 0 Å². The third-order valence-corrected chi connectivity index (χ3v) is 5.02. The highest BCUT2D eigenvalue weighted by Crippen LogP contribution is 2.28. The number of aldehydes is 1. The highest BCUT2D eigenvalue weighted by molar-refractivity contribution is 7.98. The molecule has 3 rings (SSSR count). The lowest BCUT2D eigenvalue weighted by atomic mass is 10.0. The molecule has 3 nitrogen and oxygen atoms in total. The standard InChI is InChI=1S/C14H11FO.C5H12N2S/c1-10-7-12(8-13(9-16)14(10)15)11-5-3-2-4-6-11;1-6-7-8-5-3-2-4-5/h2-9H,1H3;5-7H,2-4H2,1H3. The van der Waals surface area contributed by atoms with Crippen molar-refractivity contribution in [3.05, 3.63) is 59.4 Å². The molecule has 5 heteroatoms. The number of benzene rings is 2. The van der Waals surface area contributed by atoms with Crippen LogP contribution in [0.1, 0.15) is 35.2 Å². The zero-order valence-electron chi connectivity index (χ0n) is 14.0. The van der Waals surface area contributed by atoms with E-state index in [0.717, 1.165) is 16.4 Å². The predicted molar refractivity (Wildman–Crippen MR) is 99.4 cm³/mol. The number of halogens is 1. The molecule has 1 aliphatic carbocycles. The van der Waals surface area contributed by atoms with Crippen molar-refractivity contribution in [1.29, 1.82) is 0 Å². The Bertz CT molecular complexity index is 660. The zero-order chi connectivity index (χ0) is 17.4. The summed E-state index contributed by atoms with van der Waals surface area (Å²) in [5.41, 5.74) is 5.32. The molecule has 1 fully saturated rings. The molecule has 128 valence electrons. The molecule has 0 atom stereocenters. The molecule has 0 bridgehead atoms. The second-order valence-corrected chi connectivity index (χ2v) is 6.81. The van der Waals surface area contributed by atoms with Crippen LogP contribution in [-0.4, -0.2) is 18.6 Å². The molecule has 1 saturated carbocycles. The number of hydrogen-bond acceptors (Lipinski definition) is 4. The van der Waals surface area contributed by atoms with Crippen molar-refractivity contribution < 1.29 is 9.18 Å². The van der Waals surface area contributed by atoms with Crippen molar-refractivity contribution in [3.63, 3.8) is 0 Å². The maximum atomic E-state index is 13.5. The molecule has 0 heterocycles. The molecule has 1 aliphatic rings. The first-order valence-corrected chi connectivity index (χ1v) is 8.91. The number of carbonyl (C=O) groups is 1. The van der Waals surface area contributed by atoms with Gasteiger partial charge in [0.15, 0.2) is 6.29 Å². The average Bonchev–Trinajstić information content (AvgIpc) is 2.57. The number of rotatable bonds is 5. The molecular formula is C19H23FN2OS. The predicted octanol–water partition coefficient (Wildman–Crippen LogP) is 4.52. The largest absolute Gasteiger partial charge is 0.298 e. The van der Waals surface area contributed by atoms with Crippen LogP contribution >= 0.6 is 11.9 Å². The quantitative estimate of drug-likeness (QED) is 0.474. The van der Waals surface area contributed by atoms with Gasteiger partial charge in [0.25, 0.3) is 0 Å². The molecule has 0 unspecified atom stereocenters. The Morgan fingerprint density at radius 1 is 1.17 bits per heavy atom. The SMILES string of the molecule is CNNSC1CCC1.Cc1cc(-c2ccccc2)cc(C=O)c1F. The second kappa shape index (κ2) is 9.57. The molecule has 2 aromatic carbocycles. The van der Waals surface area contributed by atoms with Gasteiger partial charge in [-0.15, -0.1) is 0 Å². The van der Waals surface area contributed by atoms with Gasteiger partial charge >= 0.3 is 0 Å². The van der Waals surface area contributed by atoms with Gasteiger partial charge in [-0.25, -0.2) is 9.22 Å². The zero-order valence-corrected chi connectivity index (χ0v) is 14.8. The summed E-state index contributed by atoms with van der Waals surface area (Å²) >= 11 is 1.80. The van der Waals surface area contributed by atoms with Crippen LogP contribution in [0, 0.1) is 12.7 Å². The van der Waals surface area contributed by atoms with E-state index in [1.807, 2.05) is 37.4 Å². The normalized spacial score (nSPS) is 13.6. The van der Waals surface area contributed by atoms with Crippen molar-refractivity contribution in [1.82, 2.24) is 10.3 Å². The fraction of sp³-hybridized carbons (Fsp3) is 0.316. The van der Waals surface area contributed by atoms with Gasteiger partial charge in [0.1, 0.15) is 5.82 Å². The second-order valence-electron chi connectivity index (χ2n) is 5.70. The van der Waals surface area contributed by atoms with Crippen LogP contribution < -0.4 is 10.3 Å². The van der Waals surface area contributed by atoms with Gasteiger partial charge in [-0.1, -0.05) is 48.7 Å². The monoisotopic (exact) mass is 346 g/mol. The van der Waals surface area contributed by atoms with Crippen LogP contribution in [0.15, 0.2) is 42.5 Å². The Morgan fingerprint density at radius 2 is 1.88 bits per heavy atom. The van der Waals surface area contributed by atoms with E-state index < -0.39 is 5.82 Å². The molecule has 2 aromatic rings. The third-order valence-electron chi connectivity index (χ3n) is 3.90. The molecule has 2 N–H and O–H groups in total. The Kier molecular flexibility index (Phi) is 7.43. The van der Waals surface area contributed by atoms with E-state index in [0.29, 0.717) is 11.8 Å². The van der Waals surface area contributed by atoms with Gasteiger partial charge in [0.2, 0.25) is 0 Å². The molecule has 0 aromatic heterocycles. The summed E-state index contributed by atoms with van der Waals surface area (Å²) in [4.78, 5) is 13.7. The maximum absolute atomic E-state index is 13.5. The lowest BCUT2D eigenvalue weighted by Gasteiger charge is -2.23. The van der Waals surface area contributed by atoms with Crippen molar-refractivity contribution >= 4 is 18.2 Å². The first-order valence-electron chi connectivity index (χ1n) is 8.04. The summed E-state index contributed by atoms with van der Waals surface area (Å²) in [6, 6.07) is 12.9. The fourth-order valence-corrected chi connectivity index (χ4v) is 3.16. The van der Waals surface area contributed by atoms with Gasteiger partial charge in [0, 0.05) is 5.25 Å².